The van der Waals surface area contributed by atoms with Crippen molar-refractivity contribution in [3.05, 3.63) is 71.8 Å². The van der Waals surface area contributed by atoms with E-state index in [9.17, 15) is 4.79 Å². The van der Waals surface area contributed by atoms with Gasteiger partial charge in [-0.3, -0.25) is 9.79 Å². The van der Waals surface area contributed by atoms with E-state index in [4.69, 9.17) is 4.74 Å². The summed E-state index contributed by atoms with van der Waals surface area (Å²) in [6, 6.07) is 17.7. The molecule has 0 aromatic heterocycles. The average molecular weight is 323 g/mol. The number of rotatable bonds is 7. The molecule has 0 aliphatic rings. The highest BCUT2D eigenvalue weighted by Gasteiger charge is 2.06. The lowest BCUT2D eigenvalue weighted by atomic mass is 10.1. The summed E-state index contributed by atoms with van der Waals surface area (Å²) in [6.07, 6.45) is 3.98. The summed E-state index contributed by atoms with van der Waals surface area (Å²) in [5, 5.41) is 0. The lowest BCUT2D eigenvalue weighted by molar-refractivity contribution is -0.138. The molecule has 0 aliphatic carbocycles. The smallest absolute Gasteiger partial charge is 0.327 e. The van der Waals surface area contributed by atoms with Gasteiger partial charge in [-0.2, -0.15) is 0 Å². The van der Waals surface area contributed by atoms with E-state index in [1.807, 2.05) is 73.7 Å². The van der Waals surface area contributed by atoms with Crippen molar-refractivity contribution in [3.8, 4) is 5.75 Å². The Kier molecular flexibility index (Phi) is 6.77. The summed E-state index contributed by atoms with van der Waals surface area (Å²) < 4.78 is 10.4. The number of carbonyl (C=O) groups excluding carboxylic acids is 1. The van der Waals surface area contributed by atoms with Gasteiger partial charge in [-0.25, -0.2) is 0 Å². The van der Waals surface area contributed by atoms with Crippen LogP contribution in [0.1, 0.15) is 18.1 Å². The second-order valence-corrected chi connectivity index (χ2v) is 5.10. The molecular formula is C20H21NO3. The van der Waals surface area contributed by atoms with Crippen LogP contribution in [-0.4, -0.2) is 31.9 Å². The third-order valence-corrected chi connectivity index (χ3v) is 3.39. The number of esters is 1. The molecule has 0 radical (unpaired) electrons. The molecule has 0 aliphatic heterocycles. The Morgan fingerprint density at radius 1 is 1.08 bits per heavy atom. The van der Waals surface area contributed by atoms with Crippen molar-refractivity contribution in [2.75, 3.05) is 20.3 Å². The molecule has 0 N–H and O–H groups in total. The number of methoxy groups -OCH3 is 1. The van der Waals surface area contributed by atoms with E-state index in [0.29, 0.717) is 6.61 Å². The molecule has 0 fully saturated rings. The topological polar surface area (TPSA) is 47.9 Å². The van der Waals surface area contributed by atoms with Crippen LogP contribution in [-0.2, 0) is 9.53 Å². The highest BCUT2D eigenvalue weighted by atomic mass is 16.5. The number of hydrogen-bond donors (Lipinski definition) is 0. The first-order valence-electron chi connectivity index (χ1n) is 7.72. The molecule has 2 aromatic rings. The first-order chi connectivity index (χ1) is 11.7. The zero-order chi connectivity index (χ0) is 17.2. The number of benzene rings is 2. The normalized spacial score (nSPS) is 11.5. The molecule has 0 heterocycles. The second-order valence-electron chi connectivity index (χ2n) is 5.10. The summed E-state index contributed by atoms with van der Waals surface area (Å²) in [6.45, 7) is 2.31. The minimum absolute atomic E-state index is 0.00454. The first kappa shape index (κ1) is 17.5. The minimum Gasteiger partial charge on any atom is -0.489 e. The Hall–Kier alpha value is -2.88. The maximum absolute atomic E-state index is 11.2. The Morgan fingerprint density at radius 3 is 2.54 bits per heavy atom. The van der Waals surface area contributed by atoms with E-state index < -0.39 is 0 Å². The standard InChI is InChI=1S/C20H21NO3/c1-16(21-15-20(22)23-2)18-12-6-7-13-19(18)24-14-8-11-17-9-4-3-5-10-17/h3-13H,14-15H2,1-2H3/b11-8+,21-16?. The van der Waals surface area contributed by atoms with Gasteiger partial charge < -0.3 is 9.47 Å². The van der Waals surface area contributed by atoms with Gasteiger partial charge in [0.05, 0.1) is 7.11 Å². The molecule has 0 saturated carbocycles. The Balaban J connectivity index is 2.01. The molecule has 2 rings (SSSR count). The van der Waals surface area contributed by atoms with Gasteiger partial charge in [0.15, 0.2) is 0 Å². The van der Waals surface area contributed by atoms with E-state index in [-0.39, 0.29) is 12.5 Å². The van der Waals surface area contributed by atoms with Crippen LogP contribution in [0.5, 0.6) is 5.75 Å². The van der Waals surface area contributed by atoms with Crippen LogP contribution >= 0.6 is 0 Å². The number of ether oxygens (including phenoxy) is 2. The molecule has 0 spiro atoms. The summed E-state index contributed by atoms with van der Waals surface area (Å²) >= 11 is 0. The maximum atomic E-state index is 11.2. The van der Waals surface area contributed by atoms with Crippen molar-refractivity contribution in [3.63, 3.8) is 0 Å². The first-order valence-corrected chi connectivity index (χ1v) is 7.72. The Labute approximate surface area is 142 Å². The molecule has 24 heavy (non-hydrogen) atoms. The van der Waals surface area contributed by atoms with Crippen LogP contribution in [0.15, 0.2) is 65.7 Å². The van der Waals surface area contributed by atoms with Crippen LogP contribution in [0.4, 0.5) is 0 Å². The van der Waals surface area contributed by atoms with Gasteiger partial charge in [-0.1, -0.05) is 48.5 Å². The highest BCUT2D eigenvalue weighted by molar-refractivity contribution is 6.01. The Bertz CT molecular complexity index is 721. The van der Waals surface area contributed by atoms with Crippen molar-refractivity contribution in [1.29, 1.82) is 0 Å². The molecular weight excluding hydrogens is 302 g/mol. The molecule has 4 nitrogen and oxygen atoms in total. The quantitative estimate of drug-likeness (QED) is 0.576. The van der Waals surface area contributed by atoms with Crippen LogP contribution in [0.3, 0.4) is 0 Å². The van der Waals surface area contributed by atoms with Gasteiger partial charge in [0.2, 0.25) is 0 Å². The Morgan fingerprint density at radius 2 is 1.79 bits per heavy atom. The average Bonchev–Trinajstić information content (AvgIpc) is 2.64. The monoisotopic (exact) mass is 323 g/mol. The van der Waals surface area contributed by atoms with E-state index in [0.717, 1.165) is 22.6 Å². The summed E-state index contributed by atoms with van der Waals surface area (Å²) in [7, 11) is 1.35. The molecule has 0 amide bonds. The third kappa shape index (κ3) is 5.39. The van der Waals surface area contributed by atoms with Crippen molar-refractivity contribution in [2.24, 2.45) is 4.99 Å². The summed E-state index contributed by atoms with van der Waals surface area (Å²) in [5.74, 6) is 0.375. The van der Waals surface area contributed by atoms with Gasteiger partial charge >= 0.3 is 5.97 Å². The number of nitrogens with zero attached hydrogens (tertiary/aromatic N) is 1. The van der Waals surface area contributed by atoms with Crippen LogP contribution < -0.4 is 4.74 Å². The van der Waals surface area contributed by atoms with E-state index in [2.05, 4.69) is 9.73 Å². The molecule has 0 bridgehead atoms. The van der Waals surface area contributed by atoms with E-state index in [1.165, 1.54) is 7.11 Å². The third-order valence-electron chi connectivity index (χ3n) is 3.39. The van der Waals surface area contributed by atoms with Crippen molar-refractivity contribution >= 4 is 17.8 Å². The lowest BCUT2D eigenvalue weighted by Gasteiger charge is -2.10. The number of hydrogen-bond acceptors (Lipinski definition) is 4. The van der Waals surface area contributed by atoms with Crippen LogP contribution in [0.2, 0.25) is 0 Å². The molecule has 0 atom stereocenters. The number of carbonyl (C=O) groups is 1. The summed E-state index contributed by atoms with van der Waals surface area (Å²) in [4.78, 5) is 15.5. The van der Waals surface area contributed by atoms with E-state index >= 15 is 0 Å². The fourth-order valence-electron chi connectivity index (χ4n) is 2.11. The fraction of sp³-hybridized carbons (Fsp3) is 0.200. The molecule has 124 valence electrons. The minimum atomic E-state index is -0.362. The summed E-state index contributed by atoms with van der Waals surface area (Å²) in [5.41, 5.74) is 2.74. The van der Waals surface area contributed by atoms with Gasteiger partial charge in [-0.15, -0.1) is 0 Å². The van der Waals surface area contributed by atoms with Crippen molar-refractivity contribution in [2.45, 2.75) is 6.92 Å². The number of para-hydroxylation sites is 1. The van der Waals surface area contributed by atoms with Gasteiger partial charge in [-0.05, 0) is 30.7 Å². The van der Waals surface area contributed by atoms with Crippen LogP contribution in [0, 0.1) is 0 Å². The van der Waals surface area contributed by atoms with Crippen molar-refractivity contribution in [1.82, 2.24) is 0 Å². The molecule has 2 aromatic carbocycles. The predicted octanol–water partition coefficient (Wildman–Crippen LogP) is 3.76. The SMILES string of the molecule is COC(=O)CN=C(C)c1ccccc1OC/C=C/c1ccccc1. The van der Waals surface area contributed by atoms with Crippen LogP contribution in [0.25, 0.3) is 6.08 Å². The molecule has 0 unspecified atom stereocenters. The van der Waals surface area contributed by atoms with Gasteiger partial charge in [0.25, 0.3) is 0 Å². The lowest BCUT2D eigenvalue weighted by Crippen LogP contribution is -2.08. The second kappa shape index (κ2) is 9.30. The van der Waals surface area contributed by atoms with Gasteiger partial charge in [0, 0.05) is 11.3 Å². The largest absolute Gasteiger partial charge is 0.489 e. The maximum Gasteiger partial charge on any atom is 0.327 e. The molecule has 4 heteroatoms. The van der Waals surface area contributed by atoms with E-state index in [1.54, 1.807) is 0 Å². The molecule has 0 saturated heterocycles. The van der Waals surface area contributed by atoms with Crippen molar-refractivity contribution < 1.29 is 14.3 Å². The number of aliphatic imine (C=N–C) groups is 1. The fourth-order valence-corrected chi connectivity index (χ4v) is 2.11. The zero-order valence-corrected chi connectivity index (χ0v) is 13.9. The van der Waals surface area contributed by atoms with Gasteiger partial charge in [0.1, 0.15) is 18.9 Å². The zero-order valence-electron chi connectivity index (χ0n) is 13.9. The predicted molar refractivity (Wildman–Crippen MR) is 96.5 cm³/mol. The highest BCUT2D eigenvalue weighted by Crippen LogP contribution is 2.19.